The van der Waals surface area contributed by atoms with Crippen molar-refractivity contribution in [3.8, 4) is 0 Å². The van der Waals surface area contributed by atoms with Gasteiger partial charge in [0.1, 0.15) is 0 Å². The van der Waals surface area contributed by atoms with E-state index in [9.17, 15) is 8.78 Å². The van der Waals surface area contributed by atoms with Crippen LogP contribution in [-0.4, -0.2) is 6.43 Å². The van der Waals surface area contributed by atoms with Crippen molar-refractivity contribution in [2.45, 2.75) is 20.3 Å². The highest BCUT2D eigenvalue weighted by molar-refractivity contribution is 5.34. The number of halogens is 2. The molecule has 0 aromatic heterocycles. The molecule has 0 N–H and O–H groups in total. The van der Waals surface area contributed by atoms with Gasteiger partial charge in [0.05, 0.1) is 0 Å². The first-order valence-corrected chi connectivity index (χ1v) is 3.80. The standard InChI is InChI=1S/C10H14F2/c1-5-6-9(10(11)12)8(4)7(2)3/h5-7,10H,1,4H2,2-3H3/b9-6+. The largest absolute Gasteiger partial charge is 0.264 e. The fourth-order valence-electron chi connectivity index (χ4n) is 0.780. The predicted molar refractivity (Wildman–Crippen MR) is 48.3 cm³/mol. The summed E-state index contributed by atoms with van der Waals surface area (Å²) < 4.78 is 24.6. The van der Waals surface area contributed by atoms with E-state index < -0.39 is 6.43 Å². The molecular formula is C10H14F2. The summed E-state index contributed by atoms with van der Waals surface area (Å²) in [7, 11) is 0. The fourth-order valence-corrected chi connectivity index (χ4v) is 0.780. The highest BCUT2D eigenvalue weighted by Gasteiger charge is 2.15. The third-order valence-corrected chi connectivity index (χ3v) is 1.60. The van der Waals surface area contributed by atoms with E-state index in [1.165, 1.54) is 12.2 Å². The van der Waals surface area contributed by atoms with E-state index in [1.807, 2.05) is 13.8 Å². The Morgan fingerprint density at radius 2 is 1.83 bits per heavy atom. The Bertz CT molecular complexity index is 200. The van der Waals surface area contributed by atoms with Crippen LogP contribution in [-0.2, 0) is 0 Å². The molecule has 0 unspecified atom stereocenters. The van der Waals surface area contributed by atoms with E-state index in [0.717, 1.165) is 0 Å². The maximum absolute atomic E-state index is 12.3. The number of rotatable bonds is 4. The fraction of sp³-hybridized carbons (Fsp3) is 0.400. The van der Waals surface area contributed by atoms with E-state index in [2.05, 4.69) is 13.2 Å². The summed E-state index contributed by atoms with van der Waals surface area (Å²) in [6.45, 7) is 10.6. The van der Waals surface area contributed by atoms with Crippen LogP contribution in [0.15, 0.2) is 36.5 Å². The van der Waals surface area contributed by atoms with Crippen LogP contribution >= 0.6 is 0 Å². The smallest absolute Gasteiger partial charge is 0.205 e. The Hall–Kier alpha value is -0.920. The molecular weight excluding hydrogens is 158 g/mol. The number of alkyl halides is 2. The van der Waals surface area contributed by atoms with Gasteiger partial charge in [-0.3, -0.25) is 0 Å². The van der Waals surface area contributed by atoms with Crippen LogP contribution in [0.25, 0.3) is 0 Å². The highest BCUT2D eigenvalue weighted by atomic mass is 19.3. The molecule has 0 bridgehead atoms. The van der Waals surface area contributed by atoms with Gasteiger partial charge >= 0.3 is 0 Å². The Morgan fingerprint density at radius 1 is 1.33 bits per heavy atom. The van der Waals surface area contributed by atoms with Crippen LogP contribution in [0.1, 0.15) is 13.8 Å². The molecule has 0 aromatic carbocycles. The average molecular weight is 172 g/mol. The molecule has 0 saturated carbocycles. The summed E-state index contributed by atoms with van der Waals surface area (Å²) in [5.74, 6) is 0.0465. The number of hydrogen-bond acceptors (Lipinski definition) is 0. The highest BCUT2D eigenvalue weighted by Crippen LogP contribution is 2.23. The molecule has 12 heavy (non-hydrogen) atoms. The van der Waals surface area contributed by atoms with E-state index in [4.69, 9.17) is 0 Å². The molecule has 0 aliphatic rings. The third-order valence-electron chi connectivity index (χ3n) is 1.60. The predicted octanol–water partition coefficient (Wildman–Crippen LogP) is 3.58. The second kappa shape index (κ2) is 4.86. The van der Waals surface area contributed by atoms with Crippen LogP contribution in [0.5, 0.6) is 0 Å². The zero-order valence-electron chi connectivity index (χ0n) is 7.48. The topological polar surface area (TPSA) is 0 Å². The van der Waals surface area contributed by atoms with Crippen molar-refractivity contribution in [3.63, 3.8) is 0 Å². The van der Waals surface area contributed by atoms with Crippen molar-refractivity contribution in [1.82, 2.24) is 0 Å². The molecule has 0 heterocycles. The maximum Gasteiger partial charge on any atom is 0.264 e. The zero-order valence-corrected chi connectivity index (χ0v) is 7.48. The molecule has 0 radical (unpaired) electrons. The van der Waals surface area contributed by atoms with Gasteiger partial charge in [-0.25, -0.2) is 8.78 Å². The lowest BCUT2D eigenvalue weighted by Crippen LogP contribution is -2.04. The molecule has 0 saturated heterocycles. The second-order valence-corrected chi connectivity index (χ2v) is 2.84. The van der Waals surface area contributed by atoms with Crippen molar-refractivity contribution in [2.24, 2.45) is 5.92 Å². The summed E-state index contributed by atoms with van der Waals surface area (Å²) in [4.78, 5) is 0. The zero-order chi connectivity index (χ0) is 9.72. The van der Waals surface area contributed by atoms with Gasteiger partial charge in [-0.1, -0.05) is 39.2 Å². The van der Waals surface area contributed by atoms with Gasteiger partial charge in [0, 0.05) is 5.57 Å². The number of allylic oxidation sites excluding steroid dienone is 4. The van der Waals surface area contributed by atoms with Crippen molar-refractivity contribution in [1.29, 1.82) is 0 Å². The first-order valence-electron chi connectivity index (χ1n) is 3.80. The Morgan fingerprint density at radius 3 is 2.08 bits per heavy atom. The molecule has 0 rings (SSSR count). The lowest BCUT2D eigenvalue weighted by atomic mass is 9.97. The molecule has 2 heteroatoms. The number of hydrogen-bond donors (Lipinski definition) is 0. The second-order valence-electron chi connectivity index (χ2n) is 2.84. The van der Waals surface area contributed by atoms with Crippen molar-refractivity contribution in [3.05, 3.63) is 36.5 Å². The monoisotopic (exact) mass is 172 g/mol. The third kappa shape index (κ3) is 2.99. The van der Waals surface area contributed by atoms with Crippen molar-refractivity contribution < 1.29 is 8.78 Å². The molecule has 0 aliphatic heterocycles. The SMILES string of the molecule is C=C/C=C(\C(=C)C(C)C)C(F)F. The minimum Gasteiger partial charge on any atom is -0.205 e. The van der Waals surface area contributed by atoms with Crippen molar-refractivity contribution in [2.75, 3.05) is 0 Å². The van der Waals surface area contributed by atoms with Gasteiger partial charge in [0.2, 0.25) is 0 Å². The Balaban J connectivity index is 4.64. The first-order chi connectivity index (χ1) is 5.50. The van der Waals surface area contributed by atoms with Crippen LogP contribution < -0.4 is 0 Å². The van der Waals surface area contributed by atoms with Gasteiger partial charge in [-0.15, -0.1) is 0 Å². The van der Waals surface area contributed by atoms with E-state index in [-0.39, 0.29) is 11.5 Å². The van der Waals surface area contributed by atoms with Gasteiger partial charge < -0.3 is 0 Å². The van der Waals surface area contributed by atoms with Gasteiger partial charge in [-0.05, 0) is 11.5 Å². The molecule has 0 nitrogen and oxygen atoms in total. The maximum atomic E-state index is 12.3. The Labute approximate surface area is 72.3 Å². The van der Waals surface area contributed by atoms with Crippen LogP contribution in [0.3, 0.4) is 0 Å². The van der Waals surface area contributed by atoms with Crippen LogP contribution in [0, 0.1) is 5.92 Å². The average Bonchev–Trinajstić information content (AvgIpc) is 1.98. The summed E-state index contributed by atoms with van der Waals surface area (Å²) in [6, 6.07) is 0. The quantitative estimate of drug-likeness (QED) is 0.568. The molecule has 0 fully saturated rings. The van der Waals surface area contributed by atoms with Crippen LogP contribution in [0.4, 0.5) is 8.78 Å². The van der Waals surface area contributed by atoms with E-state index in [1.54, 1.807) is 0 Å². The van der Waals surface area contributed by atoms with E-state index >= 15 is 0 Å². The molecule has 0 spiro atoms. The van der Waals surface area contributed by atoms with Gasteiger partial charge in [0.25, 0.3) is 6.43 Å². The molecule has 0 aromatic rings. The van der Waals surface area contributed by atoms with Gasteiger partial charge in [0.15, 0.2) is 0 Å². The first kappa shape index (κ1) is 11.1. The summed E-state index contributed by atoms with van der Waals surface area (Å²) >= 11 is 0. The molecule has 68 valence electrons. The van der Waals surface area contributed by atoms with Crippen molar-refractivity contribution >= 4 is 0 Å². The lowest BCUT2D eigenvalue weighted by molar-refractivity contribution is 0.191. The summed E-state index contributed by atoms with van der Waals surface area (Å²) in [5.41, 5.74) is 0.463. The molecule has 0 atom stereocenters. The minimum atomic E-state index is -2.46. The molecule has 0 amide bonds. The Kier molecular flexibility index (Phi) is 4.49. The summed E-state index contributed by atoms with van der Waals surface area (Å²) in [6.07, 6.45) is 0.208. The normalized spacial score (nSPS) is 12.3. The van der Waals surface area contributed by atoms with E-state index in [0.29, 0.717) is 5.57 Å². The van der Waals surface area contributed by atoms with Crippen LogP contribution in [0.2, 0.25) is 0 Å². The minimum absolute atomic E-state index is 0.0139. The lowest BCUT2D eigenvalue weighted by Gasteiger charge is -2.12. The van der Waals surface area contributed by atoms with Gasteiger partial charge in [-0.2, -0.15) is 0 Å². The molecule has 0 aliphatic carbocycles. The summed E-state index contributed by atoms with van der Waals surface area (Å²) in [5, 5.41) is 0.